The monoisotopic (exact) mass is 227 g/mol. The van der Waals surface area contributed by atoms with E-state index in [1.54, 1.807) is 19.1 Å². The van der Waals surface area contributed by atoms with Crippen LogP contribution in [0.5, 0.6) is 0 Å². The van der Waals surface area contributed by atoms with Crippen molar-refractivity contribution in [2.75, 3.05) is 0 Å². The lowest BCUT2D eigenvalue weighted by atomic mass is 9.99. The highest BCUT2D eigenvalue weighted by Crippen LogP contribution is 2.23. The molecule has 0 spiro atoms. The van der Waals surface area contributed by atoms with Gasteiger partial charge in [-0.05, 0) is 18.9 Å². The maximum atomic E-state index is 13.6. The van der Waals surface area contributed by atoms with Gasteiger partial charge in [0.1, 0.15) is 0 Å². The highest BCUT2D eigenvalue weighted by Gasteiger charge is 2.15. The molecular weight excluding hydrogens is 208 g/mol. The summed E-state index contributed by atoms with van der Waals surface area (Å²) < 4.78 is 26.9. The highest BCUT2D eigenvalue weighted by atomic mass is 19.2. The molecule has 0 amide bonds. The van der Waals surface area contributed by atoms with E-state index in [1.807, 2.05) is 0 Å². The van der Waals surface area contributed by atoms with Crippen LogP contribution >= 0.6 is 0 Å². The first-order valence-corrected chi connectivity index (χ1v) is 5.78. The Morgan fingerprint density at radius 1 is 1.19 bits per heavy atom. The molecule has 0 heterocycles. The summed E-state index contributed by atoms with van der Waals surface area (Å²) in [6, 6.07) is 2.76. The Bertz CT molecular complexity index is 350. The Hall–Kier alpha value is -0.960. The largest absolute Gasteiger partial charge is 0.324 e. The van der Waals surface area contributed by atoms with Gasteiger partial charge in [-0.1, -0.05) is 38.3 Å². The SMILES string of the molecule is CCCCC[C@@H](N)c1ccc(C)c(F)c1F. The van der Waals surface area contributed by atoms with Crippen molar-refractivity contribution < 1.29 is 8.78 Å². The van der Waals surface area contributed by atoms with Gasteiger partial charge in [0.05, 0.1) is 0 Å². The number of hydrogen-bond acceptors (Lipinski definition) is 1. The Balaban J connectivity index is 2.76. The van der Waals surface area contributed by atoms with Crippen molar-refractivity contribution in [2.45, 2.75) is 45.6 Å². The molecule has 0 fully saturated rings. The van der Waals surface area contributed by atoms with Crippen LogP contribution in [0.3, 0.4) is 0 Å². The van der Waals surface area contributed by atoms with Gasteiger partial charge in [-0.3, -0.25) is 0 Å². The molecule has 1 rings (SSSR count). The molecule has 0 aliphatic heterocycles. The van der Waals surface area contributed by atoms with E-state index in [0.29, 0.717) is 17.5 Å². The van der Waals surface area contributed by atoms with Crippen molar-refractivity contribution in [1.29, 1.82) is 0 Å². The van der Waals surface area contributed by atoms with Crippen LogP contribution in [0.1, 0.15) is 49.8 Å². The van der Waals surface area contributed by atoms with Crippen LogP contribution in [0.25, 0.3) is 0 Å². The van der Waals surface area contributed by atoms with E-state index in [1.165, 1.54) is 0 Å². The fourth-order valence-corrected chi connectivity index (χ4v) is 1.72. The number of rotatable bonds is 5. The number of hydrogen-bond donors (Lipinski definition) is 1. The van der Waals surface area contributed by atoms with Gasteiger partial charge in [0.15, 0.2) is 11.6 Å². The third-order valence-corrected chi connectivity index (χ3v) is 2.82. The van der Waals surface area contributed by atoms with Gasteiger partial charge in [0, 0.05) is 11.6 Å². The second kappa shape index (κ2) is 5.94. The molecule has 1 nitrogen and oxygen atoms in total. The Kier molecular flexibility index (Phi) is 4.87. The van der Waals surface area contributed by atoms with Crippen molar-refractivity contribution in [3.63, 3.8) is 0 Å². The summed E-state index contributed by atoms with van der Waals surface area (Å²) >= 11 is 0. The Morgan fingerprint density at radius 3 is 2.50 bits per heavy atom. The van der Waals surface area contributed by atoms with Gasteiger partial charge in [-0.15, -0.1) is 0 Å². The highest BCUT2D eigenvalue weighted by molar-refractivity contribution is 5.27. The zero-order chi connectivity index (χ0) is 12.1. The summed E-state index contributed by atoms with van der Waals surface area (Å²) in [4.78, 5) is 0. The average molecular weight is 227 g/mol. The number of halogens is 2. The van der Waals surface area contributed by atoms with Crippen LogP contribution in [0.15, 0.2) is 12.1 Å². The van der Waals surface area contributed by atoms with E-state index in [9.17, 15) is 8.78 Å². The molecule has 0 aliphatic carbocycles. The second-order valence-corrected chi connectivity index (χ2v) is 4.20. The first-order valence-electron chi connectivity index (χ1n) is 5.78. The molecular formula is C13H19F2N. The van der Waals surface area contributed by atoms with Crippen LogP contribution in [0.4, 0.5) is 8.78 Å². The van der Waals surface area contributed by atoms with E-state index in [2.05, 4.69) is 6.92 Å². The van der Waals surface area contributed by atoms with Gasteiger partial charge in [-0.2, -0.15) is 0 Å². The van der Waals surface area contributed by atoms with E-state index in [0.717, 1.165) is 19.3 Å². The molecule has 1 aromatic carbocycles. The first-order chi connectivity index (χ1) is 7.57. The van der Waals surface area contributed by atoms with Crippen molar-refractivity contribution >= 4 is 0 Å². The number of nitrogens with two attached hydrogens (primary N) is 1. The number of unbranched alkanes of at least 4 members (excludes halogenated alkanes) is 2. The minimum Gasteiger partial charge on any atom is -0.324 e. The van der Waals surface area contributed by atoms with E-state index in [-0.39, 0.29) is 0 Å². The molecule has 3 heteroatoms. The molecule has 90 valence electrons. The lowest BCUT2D eigenvalue weighted by Crippen LogP contribution is -2.13. The van der Waals surface area contributed by atoms with Crippen molar-refractivity contribution in [3.8, 4) is 0 Å². The Labute approximate surface area is 95.7 Å². The molecule has 0 saturated carbocycles. The third kappa shape index (κ3) is 3.01. The van der Waals surface area contributed by atoms with Gasteiger partial charge in [-0.25, -0.2) is 8.78 Å². The van der Waals surface area contributed by atoms with Crippen molar-refractivity contribution in [2.24, 2.45) is 5.73 Å². The summed E-state index contributed by atoms with van der Waals surface area (Å²) in [5.41, 5.74) is 6.46. The predicted octanol–water partition coefficient (Wildman–Crippen LogP) is 3.85. The smallest absolute Gasteiger partial charge is 0.163 e. The third-order valence-electron chi connectivity index (χ3n) is 2.82. The fraction of sp³-hybridized carbons (Fsp3) is 0.538. The molecule has 0 radical (unpaired) electrons. The van der Waals surface area contributed by atoms with Crippen LogP contribution in [0.2, 0.25) is 0 Å². The molecule has 1 atom stereocenters. The first kappa shape index (κ1) is 13.1. The standard InChI is InChI=1S/C13H19F2N/c1-3-4-5-6-11(16)10-8-7-9(2)12(14)13(10)15/h7-8,11H,3-6,16H2,1-2H3/t11-/m1/s1. The van der Waals surface area contributed by atoms with E-state index >= 15 is 0 Å². The van der Waals surface area contributed by atoms with Crippen molar-refractivity contribution in [1.82, 2.24) is 0 Å². The van der Waals surface area contributed by atoms with Gasteiger partial charge >= 0.3 is 0 Å². The molecule has 2 N–H and O–H groups in total. The van der Waals surface area contributed by atoms with Crippen molar-refractivity contribution in [3.05, 3.63) is 34.9 Å². The molecule has 0 aromatic heterocycles. The van der Waals surface area contributed by atoms with E-state index < -0.39 is 17.7 Å². The molecule has 0 bridgehead atoms. The minimum atomic E-state index is -0.788. The lowest BCUT2D eigenvalue weighted by molar-refractivity contribution is 0.474. The minimum absolute atomic E-state index is 0.291. The summed E-state index contributed by atoms with van der Waals surface area (Å²) in [5.74, 6) is -1.56. The quantitative estimate of drug-likeness (QED) is 0.759. The summed E-state index contributed by atoms with van der Waals surface area (Å²) in [6.07, 6.45) is 3.82. The normalized spacial score (nSPS) is 12.8. The fourth-order valence-electron chi connectivity index (χ4n) is 1.72. The average Bonchev–Trinajstić information content (AvgIpc) is 2.26. The van der Waals surface area contributed by atoms with Gasteiger partial charge in [0.2, 0.25) is 0 Å². The molecule has 1 aromatic rings. The van der Waals surface area contributed by atoms with Gasteiger partial charge in [0.25, 0.3) is 0 Å². The maximum absolute atomic E-state index is 13.6. The van der Waals surface area contributed by atoms with Crippen LogP contribution < -0.4 is 5.73 Å². The zero-order valence-corrected chi connectivity index (χ0v) is 9.89. The molecule has 0 unspecified atom stereocenters. The van der Waals surface area contributed by atoms with Gasteiger partial charge < -0.3 is 5.73 Å². The van der Waals surface area contributed by atoms with E-state index in [4.69, 9.17) is 5.73 Å². The summed E-state index contributed by atoms with van der Waals surface area (Å²) in [7, 11) is 0. The number of benzene rings is 1. The maximum Gasteiger partial charge on any atom is 0.163 e. The zero-order valence-electron chi connectivity index (χ0n) is 9.89. The molecule has 0 saturated heterocycles. The summed E-state index contributed by atoms with van der Waals surface area (Å²) in [6.45, 7) is 3.64. The Morgan fingerprint density at radius 2 is 1.88 bits per heavy atom. The molecule has 0 aliphatic rings. The predicted molar refractivity (Wildman–Crippen MR) is 62.2 cm³/mol. The topological polar surface area (TPSA) is 26.0 Å². The van der Waals surface area contributed by atoms with Crippen LogP contribution in [-0.4, -0.2) is 0 Å². The number of aryl methyl sites for hydroxylation is 1. The van der Waals surface area contributed by atoms with Crippen LogP contribution in [-0.2, 0) is 0 Å². The molecule has 16 heavy (non-hydrogen) atoms. The van der Waals surface area contributed by atoms with Crippen LogP contribution in [0, 0.1) is 18.6 Å². The summed E-state index contributed by atoms with van der Waals surface area (Å²) in [5, 5.41) is 0. The second-order valence-electron chi connectivity index (χ2n) is 4.20. The lowest BCUT2D eigenvalue weighted by Gasteiger charge is -2.13.